The van der Waals surface area contributed by atoms with Crippen molar-refractivity contribution in [1.82, 2.24) is 4.90 Å². The molecule has 1 heterocycles. The molecule has 13 atom stereocenters. The first kappa shape index (κ1) is 27.3. The van der Waals surface area contributed by atoms with Crippen molar-refractivity contribution in [3.8, 4) is 0 Å². The van der Waals surface area contributed by atoms with E-state index in [-0.39, 0.29) is 65.0 Å². The number of hydrogen-bond acceptors (Lipinski definition) is 7. The van der Waals surface area contributed by atoms with Gasteiger partial charge in [0.1, 0.15) is 6.10 Å². The molecule has 40 heavy (non-hydrogen) atoms. The van der Waals surface area contributed by atoms with Crippen molar-refractivity contribution in [3.63, 3.8) is 0 Å². The fraction of sp³-hybridized carbons (Fsp3) is 0.788. The highest BCUT2D eigenvalue weighted by molar-refractivity contribution is 5.66. The molecule has 1 aromatic rings. The molecule has 1 spiro atoms. The number of ether oxygens (including phenoxy) is 5. The van der Waals surface area contributed by atoms with Gasteiger partial charge in [-0.15, -0.1) is 0 Å². The zero-order valence-electron chi connectivity index (χ0n) is 25.0. The first-order valence-electron chi connectivity index (χ1n) is 15.5. The molecule has 1 saturated heterocycles. The SMILES string of the molecule is CCN1C[C@]2(C)CCC(OC)C34C5C[C@@H]6C(OC)C[C@@](OC)(C5C6OCc5ccccc5)C(C(OC(C)=O)[C@@H]32)[C@@H]14. The second kappa shape index (κ2) is 9.50. The second-order valence-electron chi connectivity index (χ2n) is 13.9. The van der Waals surface area contributed by atoms with Crippen LogP contribution >= 0.6 is 0 Å². The summed E-state index contributed by atoms with van der Waals surface area (Å²) in [6.07, 6.45) is 3.93. The molecule has 5 saturated carbocycles. The molecule has 6 fully saturated rings. The van der Waals surface area contributed by atoms with Gasteiger partial charge in [-0.05, 0) is 42.7 Å². The Labute approximate surface area is 239 Å². The molecule has 6 aliphatic rings. The van der Waals surface area contributed by atoms with Crippen LogP contribution in [0.25, 0.3) is 0 Å². The van der Waals surface area contributed by atoms with Gasteiger partial charge < -0.3 is 23.7 Å². The number of methoxy groups -OCH3 is 3. The number of carbonyl (C=O) groups is 1. The molecule has 8 unspecified atom stereocenters. The molecule has 7 nitrogen and oxygen atoms in total. The van der Waals surface area contributed by atoms with Crippen LogP contribution in [0.2, 0.25) is 0 Å². The van der Waals surface area contributed by atoms with E-state index in [0.717, 1.165) is 38.8 Å². The summed E-state index contributed by atoms with van der Waals surface area (Å²) >= 11 is 0. The summed E-state index contributed by atoms with van der Waals surface area (Å²) < 4.78 is 33.2. The molecule has 7 rings (SSSR count). The Morgan fingerprint density at radius 1 is 1.07 bits per heavy atom. The lowest BCUT2D eigenvalue weighted by Crippen LogP contribution is -2.76. The number of likely N-dealkylation sites (tertiary alicyclic amines) is 1. The quantitative estimate of drug-likeness (QED) is 0.444. The smallest absolute Gasteiger partial charge is 0.302 e. The summed E-state index contributed by atoms with van der Waals surface area (Å²) in [7, 11) is 5.64. The van der Waals surface area contributed by atoms with Crippen LogP contribution in [0.15, 0.2) is 30.3 Å². The lowest BCUT2D eigenvalue weighted by Gasteiger charge is -2.69. The highest BCUT2D eigenvalue weighted by atomic mass is 16.6. The Bertz CT molecular complexity index is 1130. The van der Waals surface area contributed by atoms with E-state index in [1.54, 1.807) is 6.92 Å². The van der Waals surface area contributed by atoms with Crippen LogP contribution in [-0.4, -0.2) is 81.3 Å². The van der Waals surface area contributed by atoms with E-state index in [2.05, 4.69) is 43.0 Å². The molecule has 0 amide bonds. The molecular formula is C33H47NO6. The van der Waals surface area contributed by atoms with Crippen molar-refractivity contribution in [2.24, 2.45) is 40.4 Å². The highest BCUT2D eigenvalue weighted by Crippen LogP contribution is 2.80. The molecule has 0 N–H and O–H groups in total. The minimum atomic E-state index is -0.510. The van der Waals surface area contributed by atoms with Crippen LogP contribution in [0.4, 0.5) is 0 Å². The van der Waals surface area contributed by atoms with E-state index in [1.807, 2.05) is 27.4 Å². The molecule has 1 aliphatic heterocycles. The Morgan fingerprint density at radius 3 is 2.50 bits per heavy atom. The van der Waals surface area contributed by atoms with Crippen molar-refractivity contribution in [1.29, 1.82) is 0 Å². The number of carbonyl (C=O) groups excluding carboxylic acids is 1. The lowest BCUT2D eigenvalue weighted by atomic mass is 9.43. The number of piperidine rings is 1. The Hall–Kier alpha value is -1.51. The van der Waals surface area contributed by atoms with Crippen molar-refractivity contribution in [2.45, 2.75) is 89.1 Å². The molecule has 7 bridgehead atoms. The van der Waals surface area contributed by atoms with Gasteiger partial charge in [0.15, 0.2) is 0 Å². The number of nitrogens with zero attached hydrogens (tertiary/aromatic N) is 1. The van der Waals surface area contributed by atoms with Gasteiger partial charge >= 0.3 is 5.97 Å². The van der Waals surface area contributed by atoms with Crippen molar-refractivity contribution < 1.29 is 28.5 Å². The molecule has 220 valence electrons. The zero-order valence-corrected chi connectivity index (χ0v) is 25.0. The third kappa shape index (κ3) is 3.27. The summed E-state index contributed by atoms with van der Waals surface area (Å²) in [5, 5.41) is 0. The Balaban J connectivity index is 1.43. The summed E-state index contributed by atoms with van der Waals surface area (Å²) in [5.74, 6) is 0.906. The van der Waals surface area contributed by atoms with Crippen molar-refractivity contribution >= 4 is 5.97 Å². The molecule has 0 radical (unpaired) electrons. The van der Waals surface area contributed by atoms with Crippen molar-refractivity contribution in [2.75, 3.05) is 34.4 Å². The third-order valence-electron chi connectivity index (χ3n) is 12.8. The average molecular weight is 554 g/mol. The average Bonchev–Trinajstić information content (AvgIpc) is 3.38. The topological polar surface area (TPSA) is 66.5 Å². The van der Waals surface area contributed by atoms with E-state index in [0.29, 0.717) is 18.4 Å². The summed E-state index contributed by atoms with van der Waals surface area (Å²) in [4.78, 5) is 15.6. The third-order valence-corrected chi connectivity index (χ3v) is 12.8. The summed E-state index contributed by atoms with van der Waals surface area (Å²) in [5.41, 5.74) is 0.595. The molecular weight excluding hydrogens is 506 g/mol. The largest absolute Gasteiger partial charge is 0.462 e. The van der Waals surface area contributed by atoms with Crippen LogP contribution in [0.1, 0.15) is 52.0 Å². The minimum absolute atomic E-state index is 0.0149. The van der Waals surface area contributed by atoms with Gasteiger partial charge in [0.25, 0.3) is 0 Å². The maximum absolute atomic E-state index is 12.8. The van der Waals surface area contributed by atoms with E-state index in [1.165, 1.54) is 5.56 Å². The molecule has 1 aromatic carbocycles. The zero-order chi connectivity index (χ0) is 28.0. The van der Waals surface area contributed by atoms with Gasteiger partial charge in [-0.1, -0.05) is 44.2 Å². The second-order valence-corrected chi connectivity index (χ2v) is 13.9. The first-order valence-corrected chi connectivity index (χ1v) is 15.5. The minimum Gasteiger partial charge on any atom is -0.462 e. The number of rotatable bonds is 8. The predicted molar refractivity (Wildman–Crippen MR) is 149 cm³/mol. The normalized spacial score (nSPS) is 50.1. The van der Waals surface area contributed by atoms with Crippen LogP contribution < -0.4 is 0 Å². The van der Waals surface area contributed by atoms with Crippen molar-refractivity contribution in [3.05, 3.63) is 35.9 Å². The number of esters is 1. The van der Waals surface area contributed by atoms with E-state index in [9.17, 15) is 4.79 Å². The number of fused-ring (bicyclic) bond motifs is 2. The fourth-order valence-electron chi connectivity index (χ4n) is 12.0. The van der Waals surface area contributed by atoms with Gasteiger partial charge in [0.2, 0.25) is 0 Å². The molecule has 7 heteroatoms. The van der Waals surface area contributed by atoms with Gasteiger partial charge in [-0.3, -0.25) is 9.69 Å². The highest BCUT2D eigenvalue weighted by Gasteiger charge is 2.87. The van der Waals surface area contributed by atoms with Gasteiger partial charge in [-0.2, -0.15) is 0 Å². The van der Waals surface area contributed by atoms with Crippen LogP contribution in [0, 0.1) is 40.4 Å². The van der Waals surface area contributed by atoms with Gasteiger partial charge in [-0.25, -0.2) is 0 Å². The van der Waals surface area contributed by atoms with Crippen LogP contribution in [0.5, 0.6) is 0 Å². The van der Waals surface area contributed by atoms with E-state index < -0.39 is 5.60 Å². The number of hydrogen-bond donors (Lipinski definition) is 0. The maximum Gasteiger partial charge on any atom is 0.302 e. The maximum atomic E-state index is 12.8. The predicted octanol–water partition coefficient (Wildman–Crippen LogP) is 4.32. The lowest BCUT2D eigenvalue weighted by molar-refractivity contribution is -0.280. The van der Waals surface area contributed by atoms with Crippen LogP contribution in [-0.2, 0) is 35.1 Å². The first-order chi connectivity index (χ1) is 19.3. The van der Waals surface area contributed by atoms with Crippen LogP contribution in [0.3, 0.4) is 0 Å². The van der Waals surface area contributed by atoms with E-state index >= 15 is 0 Å². The summed E-state index contributed by atoms with van der Waals surface area (Å²) in [6.45, 7) is 8.91. The molecule has 5 aliphatic carbocycles. The van der Waals surface area contributed by atoms with Gasteiger partial charge in [0.05, 0.1) is 30.5 Å². The van der Waals surface area contributed by atoms with Gasteiger partial charge in [0, 0.05) is 76.3 Å². The fourth-order valence-corrected chi connectivity index (χ4v) is 12.0. The van der Waals surface area contributed by atoms with E-state index in [4.69, 9.17) is 23.7 Å². The summed E-state index contributed by atoms with van der Waals surface area (Å²) in [6, 6.07) is 10.7. The Morgan fingerprint density at radius 2 is 1.85 bits per heavy atom. The Kier molecular flexibility index (Phi) is 6.49. The monoisotopic (exact) mass is 553 g/mol. The standard InChI is InChI=1S/C33H47NO6/c1-7-34-18-31(3)14-13-24(37-5)33-22-15-21-23(36-4)16-32(38-6,26(30(33)34)28(29(31)33)40-19(2)35)25(22)27(21)39-17-20-11-9-8-10-12-20/h8-12,21-30H,7,13-18H2,1-6H3/t21-,22?,23?,24?,25?,26?,27?,28?,29-,30-,31+,32-,33?/m1/s1. The molecule has 0 aromatic heterocycles. The number of benzene rings is 1.